The lowest BCUT2D eigenvalue weighted by molar-refractivity contribution is -0.289. The number of halogens is 3. The zero-order valence-corrected chi connectivity index (χ0v) is 24.0. The van der Waals surface area contributed by atoms with Crippen molar-refractivity contribution in [1.29, 1.82) is 0 Å². The highest BCUT2D eigenvalue weighted by Gasteiger charge is 2.54. The van der Waals surface area contributed by atoms with E-state index in [1.54, 1.807) is 24.3 Å². The number of imide groups is 1. The third kappa shape index (κ3) is 7.10. The Morgan fingerprint density at radius 1 is 0.780 bits per heavy atom. The van der Waals surface area contributed by atoms with Crippen molar-refractivity contribution in [3.8, 4) is 0 Å². The van der Waals surface area contributed by atoms with Gasteiger partial charge in [0, 0.05) is 0 Å². The fourth-order valence-electron chi connectivity index (χ4n) is 4.93. The maximum Gasteiger partial charge on any atom is 0.262 e. The fraction of sp³-hybridized carbons (Fsp3) is 0.333. The molecule has 0 aromatic heterocycles. The van der Waals surface area contributed by atoms with Crippen molar-refractivity contribution in [3.63, 3.8) is 0 Å². The summed E-state index contributed by atoms with van der Waals surface area (Å²) in [5.74, 6) is -1.14. The molecule has 5 rings (SSSR count). The van der Waals surface area contributed by atoms with Crippen LogP contribution in [0, 0.1) is 0 Å². The van der Waals surface area contributed by atoms with Crippen LogP contribution in [0.5, 0.6) is 0 Å². The van der Waals surface area contributed by atoms with E-state index in [1.165, 1.54) is 0 Å². The SMILES string of the molecule is O=C1c2ccccc2C(=O)N1[C@H]1C(OCC(Cl)(Cl)Cl)O[C@H](COCc2ccccc2)[C@@H](O)[C@@H]1OCc1ccccc1. The number of rotatable bonds is 10. The number of ether oxygens (including phenoxy) is 4. The molecule has 0 radical (unpaired) electrons. The molecule has 1 unspecified atom stereocenters. The van der Waals surface area contributed by atoms with Crippen molar-refractivity contribution < 1.29 is 33.6 Å². The molecule has 0 aliphatic carbocycles. The third-order valence-electron chi connectivity index (χ3n) is 6.86. The first-order valence-electron chi connectivity index (χ1n) is 13.0. The first kappa shape index (κ1) is 29.9. The predicted octanol–water partition coefficient (Wildman–Crippen LogP) is 4.93. The van der Waals surface area contributed by atoms with E-state index in [2.05, 4.69) is 0 Å². The molecule has 3 aromatic carbocycles. The summed E-state index contributed by atoms with van der Waals surface area (Å²) in [5.41, 5.74) is 2.20. The maximum absolute atomic E-state index is 13.5. The lowest BCUT2D eigenvalue weighted by Gasteiger charge is -2.47. The molecule has 2 aliphatic heterocycles. The Labute approximate surface area is 252 Å². The number of hydrogen-bond acceptors (Lipinski definition) is 7. The normalized spacial score (nSPS) is 24.5. The van der Waals surface area contributed by atoms with Crippen molar-refractivity contribution in [2.24, 2.45) is 0 Å². The smallest absolute Gasteiger partial charge is 0.262 e. The zero-order chi connectivity index (χ0) is 29.0. The molecule has 2 aliphatic rings. The Kier molecular flexibility index (Phi) is 9.63. The monoisotopic (exact) mass is 619 g/mol. The molecule has 2 amide bonds. The Hall–Kier alpha value is -2.53. The molecule has 2 heterocycles. The minimum atomic E-state index is -1.81. The number of benzene rings is 3. The predicted molar refractivity (Wildman–Crippen MR) is 153 cm³/mol. The van der Waals surface area contributed by atoms with Gasteiger partial charge in [-0.05, 0) is 23.3 Å². The van der Waals surface area contributed by atoms with Gasteiger partial charge >= 0.3 is 0 Å². The van der Waals surface area contributed by atoms with Gasteiger partial charge in [-0.15, -0.1) is 0 Å². The number of fused-ring (bicyclic) bond motifs is 1. The number of hydrogen-bond donors (Lipinski definition) is 1. The van der Waals surface area contributed by atoms with Gasteiger partial charge < -0.3 is 24.1 Å². The summed E-state index contributed by atoms with van der Waals surface area (Å²) in [6.45, 7) is -0.105. The minimum absolute atomic E-state index is 0.0380. The molecule has 0 bridgehead atoms. The molecule has 216 valence electrons. The summed E-state index contributed by atoms with van der Waals surface area (Å²) in [7, 11) is 0. The van der Waals surface area contributed by atoms with Crippen LogP contribution in [0.2, 0.25) is 0 Å². The minimum Gasteiger partial charge on any atom is -0.388 e. The highest BCUT2D eigenvalue weighted by molar-refractivity contribution is 6.67. The molecule has 11 heteroatoms. The van der Waals surface area contributed by atoms with Crippen molar-refractivity contribution in [2.45, 2.75) is 47.7 Å². The second-order valence-electron chi connectivity index (χ2n) is 9.74. The fourth-order valence-corrected chi connectivity index (χ4v) is 5.12. The number of aliphatic hydroxyl groups excluding tert-OH is 1. The van der Waals surface area contributed by atoms with E-state index in [0.717, 1.165) is 16.0 Å². The van der Waals surface area contributed by atoms with Crippen molar-refractivity contribution in [2.75, 3.05) is 13.2 Å². The van der Waals surface area contributed by atoms with Crippen LogP contribution in [0.15, 0.2) is 84.9 Å². The lowest BCUT2D eigenvalue weighted by Crippen LogP contribution is -2.66. The van der Waals surface area contributed by atoms with Gasteiger partial charge in [0.2, 0.25) is 3.79 Å². The van der Waals surface area contributed by atoms with Gasteiger partial charge in [0.15, 0.2) is 6.29 Å². The number of alkyl halides is 3. The highest BCUT2D eigenvalue weighted by Crippen LogP contribution is 2.36. The van der Waals surface area contributed by atoms with Crippen LogP contribution < -0.4 is 0 Å². The summed E-state index contributed by atoms with van der Waals surface area (Å²) < 4.78 is 22.3. The molecular formula is C30H28Cl3NO7. The number of aliphatic hydroxyl groups is 1. The second-order valence-corrected chi connectivity index (χ2v) is 12.3. The van der Waals surface area contributed by atoms with E-state index in [9.17, 15) is 14.7 Å². The van der Waals surface area contributed by atoms with Crippen LogP contribution in [0.4, 0.5) is 0 Å². The topological polar surface area (TPSA) is 94.5 Å². The standard InChI is InChI=1S/C30H28Cl3NO7/c31-30(32,33)18-40-29-24(34-27(36)21-13-7-8-14-22(21)28(34)37)26(39-16-20-11-5-2-6-12-20)25(35)23(41-29)17-38-15-19-9-3-1-4-10-19/h1-14,23-26,29,35H,15-18H2/t23-,24-,25-,26-,29?/m1/s1. The molecule has 1 fully saturated rings. The van der Waals surface area contributed by atoms with E-state index in [0.29, 0.717) is 0 Å². The van der Waals surface area contributed by atoms with Gasteiger partial charge in [-0.2, -0.15) is 0 Å². The third-order valence-corrected chi connectivity index (χ3v) is 7.18. The van der Waals surface area contributed by atoms with Crippen LogP contribution in [0.3, 0.4) is 0 Å². The van der Waals surface area contributed by atoms with Crippen LogP contribution in [-0.4, -0.2) is 69.5 Å². The average Bonchev–Trinajstić information content (AvgIpc) is 3.22. The molecule has 5 atom stereocenters. The maximum atomic E-state index is 13.5. The Bertz CT molecular complexity index is 1300. The quantitative estimate of drug-likeness (QED) is 0.254. The summed E-state index contributed by atoms with van der Waals surface area (Å²) in [4.78, 5) is 28.1. The Balaban J connectivity index is 1.45. The van der Waals surface area contributed by atoms with E-state index >= 15 is 0 Å². The number of amides is 2. The summed E-state index contributed by atoms with van der Waals surface area (Å²) in [6.07, 6.45) is -4.69. The molecule has 8 nitrogen and oxygen atoms in total. The summed E-state index contributed by atoms with van der Waals surface area (Å²) in [6, 6.07) is 24.1. The van der Waals surface area contributed by atoms with E-state index in [1.807, 2.05) is 60.7 Å². The molecule has 3 aromatic rings. The van der Waals surface area contributed by atoms with Gasteiger partial charge in [0.05, 0.1) is 37.6 Å². The molecular weight excluding hydrogens is 593 g/mol. The Morgan fingerprint density at radius 2 is 1.32 bits per heavy atom. The zero-order valence-electron chi connectivity index (χ0n) is 21.8. The number of nitrogens with zero attached hydrogens (tertiary/aromatic N) is 1. The van der Waals surface area contributed by atoms with Gasteiger partial charge in [-0.3, -0.25) is 14.5 Å². The summed E-state index contributed by atoms with van der Waals surface area (Å²) in [5, 5.41) is 11.6. The first-order chi connectivity index (χ1) is 19.7. The number of carbonyl (C=O) groups is 2. The van der Waals surface area contributed by atoms with Gasteiger partial charge in [-0.25, -0.2) is 0 Å². The van der Waals surface area contributed by atoms with E-state index < -0.39 is 52.9 Å². The lowest BCUT2D eigenvalue weighted by atomic mass is 9.95. The molecule has 41 heavy (non-hydrogen) atoms. The van der Waals surface area contributed by atoms with Gasteiger partial charge in [0.1, 0.15) is 24.4 Å². The molecule has 0 spiro atoms. The van der Waals surface area contributed by atoms with Crippen LogP contribution in [-0.2, 0) is 32.2 Å². The van der Waals surface area contributed by atoms with Crippen molar-refractivity contribution in [1.82, 2.24) is 4.90 Å². The second kappa shape index (κ2) is 13.2. The van der Waals surface area contributed by atoms with Gasteiger partial charge in [-0.1, -0.05) is 108 Å². The Morgan fingerprint density at radius 3 is 1.88 bits per heavy atom. The van der Waals surface area contributed by atoms with Gasteiger partial charge in [0.25, 0.3) is 11.8 Å². The molecule has 1 saturated heterocycles. The van der Waals surface area contributed by atoms with Crippen LogP contribution in [0.1, 0.15) is 31.8 Å². The average molecular weight is 621 g/mol. The largest absolute Gasteiger partial charge is 0.388 e. The first-order valence-corrected chi connectivity index (χ1v) is 14.1. The highest BCUT2D eigenvalue weighted by atomic mass is 35.6. The molecule has 0 saturated carbocycles. The molecule has 1 N–H and O–H groups in total. The van der Waals surface area contributed by atoms with Crippen LogP contribution in [0.25, 0.3) is 0 Å². The van der Waals surface area contributed by atoms with Crippen molar-refractivity contribution >= 4 is 46.6 Å². The van der Waals surface area contributed by atoms with E-state index in [-0.39, 0.29) is 30.9 Å². The summed E-state index contributed by atoms with van der Waals surface area (Å²) >= 11 is 17.9. The van der Waals surface area contributed by atoms with E-state index in [4.69, 9.17) is 53.8 Å². The van der Waals surface area contributed by atoms with Crippen molar-refractivity contribution in [3.05, 3.63) is 107 Å². The number of carbonyl (C=O) groups excluding carboxylic acids is 2. The van der Waals surface area contributed by atoms with Crippen LogP contribution >= 0.6 is 34.8 Å².